The molecule has 1 aliphatic rings. The summed E-state index contributed by atoms with van der Waals surface area (Å²) in [5.41, 5.74) is 2.33. The molecule has 3 rings (SSSR count). The van der Waals surface area contributed by atoms with E-state index in [0.29, 0.717) is 6.42 Å². The zero-order valence-corrected chi connectivity index (χ0v) is 16.6. The summed E-state index contributed by atoms with van der Waals surface area (Å²) in [6, 6.07) is 12.1. The standard InChI is InChI=1S/C20H25NO3S2/c1-2-3-5-15-7-9-16(10-8-15)19(18-6-4-12-25-18)21-20(22)17-11-13-26(23,24)14-17/h4,6-10,12,17,19H,2-3,5,11,13-14H2,1H3,(H,21,22)/t17-,19-/m1/s1. The molecule has 1 amide bonds. The van der Waals surface area contributed by atoms with Gasteiger partial charge in [-0.25, -0.2) is 8.42 Å². The third kappa shape index (κ3) is 4.74. The summed E-state index contributed by atoms with van der Waals surface area (Å²) >= 11 is 1.60. The number of thiophene rings is 1. The number of amides is 1. The predicted molar refractivity (Wildman–Crippen MR) is 106 cm³/mol. The minimum atomic E-state index is -3.07. The van der Waals surface area contributed by atoms with Crippen LogP contribution in [0.4, 0.5) is 0 Å². The molecule has 1 aromatic carbocycles. The number of unbranched alkanes of at least 4 members (excludes halogenated alkanes) is 1. The zero-order valence-electron chi connectivity index (χ0n) is 15.0. The van der Waals surface area contributed by atoms with E-state index < -0.39 is 15.8 Å². The highest BCUT2D eigenvalue weighted by atomic mass is 32.2. The Labute approximate surface area is 159 Å². The molecule has 26 heavy (non-hydrogen) atoms. The van der Waals surface area contributed by atoms with Gasteiger partial charge < -0.3 is 5.32 Å². The van der Waals surface area contributed by atoms with Gasteiger partial charge in [-0.3, -0.25) is 4.79 Å². The van der Waals surface area contributed by atoms with Crippen LogP contribution in [0.5, 0.6) is 0 Å². The molecule has 0 spiro atoms. The molecule has 0 saturated carbocycles. The number of aryl methyl sites for hydroxylation is 1. The van der Waals surface area contributed by atoms with Crippen LogP contribution in [0.2, 0.25) is 0 Å². The molecule has 0 aliphatic carbocycles. The Bertz CT molecular complexity index is 826. The van der Waals surface area contributed by atoms with Crippen molar-refractivity contribution in [2.24, 2.45) is 5.92 Å². The summed E-state index contributed by atoms with van der Waals surface area (Å²) < 4.78 is 23.4. The second-order valence-corrected chi connectivity index (χ2v) is 10.1. The van der Waals surface area contributed by atoms with E-state index in [1.54, 1.807) is 11.3 Å². The molecule has 1 aliphatic heterocycles. The van der Waals surface area contributed by atoms with Gasteiger partial charge in [-0.1, -0.05) is 43.7 Å². The summed E-state index contributed by atoms with van der Waals surface area (Å²) in [6.45, 7) is 2.18. The van der Waals surface area contributed by atoms with Gasteiger partial charge in [0.1, 0.15) is 0 Å². The van der Waals surface area contributed by atoms with Crippen LogP contribution in [0.3, 0.4) is 0 Å². The average Bonchev–Trinajstić information content (AvgIpc) is 3.28. The average molecular weight is 392 g/mol. The van der Waals surface area contributed by atoms with Crippen molar-refractivity contribution >= 4 is 27.1 Å². The van der Waals surface area contributed by atoms with Crippen molar-refractivity contribution in [2.75, 3.05) is 11.5 Å². The quantitative estimate of drug-likeness (QED) is 0.782. The highest BCUT2D eigenvalue weighted by Gasteiger charge is 2.34. The Hall–Kier alpha value is -1.66. The third-order valence-electron chi connectivity index (χ3n) is 4.85. The van der Waals surface area contributed by atoms with Crippen molar-refractivity contribution in [3.8, 4) is 0 Å². The van der Waals surface area contributed by atoms with Gasteiger partial charge >= 0.3 is 0 Å². The first kappa shape index (κ1) is 19.1. The fraction of sp³-hybridized carbons (Fsp3) is 0.450. The van der Waals surface area contributed by atoms with Gasteiger partial charge in [0.05, 0.1) is 23.5 Å². The number of sulfone groups is 1. The number of rotatable bonds is 7. The van der Waals surface area contributed by atoms with Crippen molar-refractivity contribution in [3.63, 3.8) is 0 Å². The molecule has 1 fully saturated rings. The first-order valence-corrected chi connectivity index (χ1v) is 11.8. The SMILES string of the molecule is CCCCc1ccc([C@@H](NC(=O)[C@@H]2CCS(=O)(=O)C2)c2cccs2)cc1. The fourth-order valence-electron chi connectivity index (χ4n) is 3.29. The van der Waals surface area contributed by atoms with Crippen molar-refractivity contribution in [3.05, 3.63) is 57.8 Å². The van der Waals surface area contributed by atoms with Crippen molar-refractivity contribution < 1.29 is 13.2 Å². The summed E-state index contributed by atoms with van der Waals surface area (Å²) in [5, 5.41) is 5.08. The Morgan fingerprint density at radius 3 is 2.62 bits per heavy atom. The lowest BCUT2D eigenvalue weighted by Gasteiger charge is -2.20. The summed E-state index contributed by atoms with van der Waals surface area (Å²) in [7, 11) is -3.07. The van der Waals surface area contributed by atoms with Gasteiger partial charge in [0, 0.05) is 4.88 Å². The van der Waals surface area contributed by atoms with Crippen LogP contribution in [0.25, 0.3) is 0 Å². The molecule has 2 heterocycles. The number of hydrogen-bond donors (Lipinski definition) is 1. The van der Waals surface area contributed by atoms with E-state index in [-0.39, 0.29) is 23.5 Å². The van der Waals surface area contributed by atoms with E-state index in [1.165, 1.54) is 18.4 Å². The molecule has 4 nitrogen and oxygen atoms in total. The van der Waals surface area contributed by atoms with Crippen LogP contribution in [-0.2, 0) is 21.1 Å². The van der Waals surface area contributed by atoms with Gasteiger partial charge in [-0.05, 0) is 41.8 Å². The lowest BCUT2D eigenvalue weighted by atomic mass is 10.00. The summed E-state index contributed by atoms with van der Waals surface area (Å²) in [6.07, 6.45) is 3.81. The first-order chi connectivity index (χ1) is 12.5. The van der Waals surface area contributed by atoms with E-state index in [4.69, 9.17) is 0 Å². The van der Waals surface area contributed by atoms with Gasteiger partial charge in [0.25, 0.3) is 0 Å². The van der Waals surface area contributed by atoms with Crippen LogP contribution in [0.15, 0.2) is 41.8 Å². The molecule has 0 radical (unpaired) electrons. The Balaban J connectivity index is 1.77. The summed E-state index contributed by atoms with van der Waals surface area (Å²) in [4.78, 5) is 13.7. The minimum Gasteiger partial charge on any atom is -0.344 e. The second-order valence-electron chi connectivity index (χ2n) is 6.90. The molecule has 1 N–H and O–H groups in total. The molecule has 140 valence electrons. The Morgan fingerprint density at radius 2 is 2.04 bits per heavy atom. The van der Waals surface area contributed by atoms with E-state index in [1.807, 2.05) is 17.5 Å². The van der Waals surface area contributed by atoms with Crippen LogP contribution in [0.1, 0.15) is 48.2 Å². The first-order valence-electron chi connectivity index (χ1n) is 9.11. The maximum Gasteiger partial charge on any atom is 0.224 e. The number of nitrogens with one attached hydrogen (secondary N) is 1. The molecule has 6 heteroatoms. The largest absolute Gasteiger partial charge is 0.344 e. The smallest absolute Gasteiger partial charge is 0.224 e. The lowest BCUT2D eigenvalue weighted by molar-refractivity contribution is -0.124. The molecule has 2 aromatic rings. The molecule has 0 unspecified atom stereocenters. The minimum absolute atomic E-state index is 0.0358. The molecular formula is C20H25NO3S2. The maximum absolute atomic E-state index is 12.6. The highest BCUT2D eigenvalue weighted by Crippen LogP contribution is 2.28. The van der Waals surface area contributed by atoms with Gasteiger partial charge in [-0.15, -0.1) is 11.3 Å². The van der Waals surface area contributed by atoms with Gasteiger partial charge in [-0.2, -0.15) is 0 Å². The van der Waals surface area contributed by atoms with Crippen molar-refractivity contribution in [1.29, 1.82) is 0 Å². The van der Waals surface area contributed by atoms with Crippen molar-refractivity contribution in [1.82, 2.24) is 5.32 Å². The van der Waals surface area contributed by atoms with Crippen LogP contribution < -0.4 is 5.32 Å². The number of carbonyl (C=O) groups excluding carboxylic acids is 1. The number of carbonyl (C=O) groups is 1. The van der Waals surface area contributed by atoms with Gasteiger partial charge in [0.15, 0.2) is 9.84 Å². The predicted octanol–water partition coefficient (Wildman–Crippen LogP) is 3.73. The molecule has 1 aromatic heterocycles. The van der Waals surface area contributed by atoms with E-state index >= 15 is 0 Å². The topological polar surface area (TPSA) is 63.2 Å². The molecule has 0 bridgehead atoms. The van der Waals surface area contributed by atoms with E-state index in [2.05, 4.69) is 36.5 Å². The van der Waals surface area contributed by atoms with Crippen LogP contribution >= 0.6 is 11.3 Å². The number of hydrogen-bond acceptors (Lipinski definition) is 4. The molecule has 2 atom stereocenters. The highest BCUT2D eigenvalue weighted by molar-refractivity contribution is 7.91. The fourth-order valence-corrected chi connectivity index (χ4v) is 5.84. The Kier molecular flexibility index (Phi) is 6.14. The molecular weight excluding hydrogens is 366 g/mol. The number of benzene rings is 1. The lowest BCUT2D eigenvalue weighted by Crippen LogP contribution is -2.34. The van der Waals surface area contributed by atoms with Crippen molar-refractivity contribution in [2.45, 2.75) is 38.6 Å². The third-order valence-corrected chi connectivity index (χ3v) is 7.55. The molecule has 1 saturated heterocycles. The van der Waals surface area contributed by atoms with Gasteiger partial charge in [0.2, 0.25) is 5.91 Å². The maximum atomic E-state index is 12.6. The van der Waals surface area contributed by atoms with Crippen LogP contribution in [0, 0.1) is 5.92 Å². The zero-order chi connectivity index (χ0) is 18.6. The van der Waals surface area contributed by atoms with Crippen LogP contribution in [-0.4, -0.2) is 25.8 Å². The Morgan fingerprint density at radius 1 is 1.27 bits per heavy atom. The monoisotopic (exact) mass is 391 g/mol. The second kappa shape index (κ2) is 8.35. The van der Waals surface area contributed by atoms with E-state index in [9.17, 15) is 13.2 Å². The summed E-state index contributed by atoms with van der Waals surface area (Å²) in [5.74, 6) is -0.529. The van der Waals surface area contributed by atoms with E-state index in [0.717, 1.165) is 16.9 Å². The normalized spacial score (nSPS) is 20.0.